The number of nitrogens with one attached hydrogen (secondary N) is 1. The molecule has 0 amide bonds. The van der Waals surface area contributed by atoms with Crippen molar-refractivity contribution in [2.45, 2.75) is 31.8 Å². The molecule has 12 heavy (non-hydrogen) atoms. The Labute approximate surface area is 73.6 Å². The van der Waals surface area contributed by atoms with Crippen LogP contribution in [0.1, 0.15) is 19.3 Å². The van der Waals surface area contributed by atoms with Gasteiger partial charge in [0.2, 0.25) is 0 Å². The SMILES string of the molecule is c1ccn(CC2CCCCN2)c1. The van der Waals surface area contributed by atoms with Gasteiger partial charge in [0.1, 0.15) is 0 Å². The van der Waals surface area contributed by atoms with Gasteiger partial charge in [0.05, 0.1) is 0 Å². The molecular formula is C10H16N2. The van der Waals surface area contributed by atoms with E-state index >= 15 is 0 Å². The minimum Gasteiger partial charge on any atom is -0.353 e. The summed E-state index contributed by atoms with van der Waals surface area (Å²) in [6.07, 6.45) is 8.34. The molecule has 2 rings (SSSR count). The fourth-order valence-corrected chi connectivity index (χ4v) is 1.83. The van der Waals surface area contributed by atoms with Crippen LogP contribution in [0.25, 0.3) is 0 Å². The molecule has 1 aromatic heterocycles. The molecule has 2 heteroatoms. The lowest BCUT2D eigenvalue weighted by Gasteiger charge is -2.23. The first kappa shape index (κ1) is 7.87. The second-order valence-electron chi connectivity index (χ2n) is 3.53. The molecule has 0 bridgehead atoms. The van der Waals surface area contributed by atoms with E-state index in [2.05, 4.69) is 34.4 Å². The first-order chi connectivity index (χ1) is 5.95. The molecule has 1 fully saturated rings. The molecule has 1 saturated heterocycles. The number of hydrogen-bond donors (Lipinski definition) is 1. The van der Waals surface area contributed by atoms with Gasteiger partial charge in [-0.05, 0) is 31.5 Å². The van der Waals surface area contributed by atoms with Crippen LogP contribution in [-0.2, 0) is 6.54 Å². The Hall–Kier alpha value is -0.760. The van der Waals surface area contributed by atoms with Gasteiger partial charge in [-0.1, -0.05) is 6.42 Å². The number of piperidine rings is 1. The normalized spacial score (nSPS) is 24.2. The van der Waals surface area contributed by atoms with Crippen molar-refractivity contribution >= 4 is 0 Å². The third-order valence-electron chi connectivity index (χ3n) is 2.51. The lowest BCUT2D eigenvalue weighted by molar-refractivity contribution is 0.363. The maximum absolute atomic E-state index is 3.54. The molecule has 0 saturated carbocycles. The largest absolute Gasteiger partial charge is 0.353 e. The average Bonchev–Trinajstić information content (AvgIpc) is 2.59. The number of hydrogen-bond acceptors (Lipinski definition) is 1. The van der Waals surface area contributed by atoms with Crippen LogP contribution in [0.4, 0.5) is 0 Å². The third-order valence-corrected chi connectivity index (χ3v) is 2.51. The standard InChI is InChI=1S/C10H16N2/c1-2-6-11-10(5-1)9-12-7-3-4-8-12/h3-4,7-8,10-11H,1-2,5-6,9H2. The lowest BCUT2D eigenvalue weighted by Crippen LogP contribution is -2.36. The Bertz CT molecular complexity index is 210. The summed E-state index contributed by atoms with van der Waals surface area (Å²) in [4.78, 5) is 0. The number of rotatable bonds is 2. The summed E-state index contributed by atoms with van der Waals surface area (Å²) in [5, 5.41) is 3.54. The zero-order valence-electron chi connectivity index (χ0n) is 7.37. The molecule has 0 aromatic carbocycles. The lowest BCUT2D eigenvalue weighted by atomic mass is 10.1. The van der Waals surface area contributed by atoms with Crippen LogP contribution in [0.15, 0.2) is 24.5 Å². The number of nitrogens with zero attached hydrogens (tertiary/aromatic N) is 1. The van der Waals surface area contributed by atoms with Crippen LogP contribution in [0, 0.1) is 0 Å². The second-order valence-corrected chi connectivity index (χ2v) is 3.53. The predicted molar refractivity (Wildman–Crippen MR) is 50.1 cm³/mol. The Kier molecular flexibility index (Phi) is 2.47. The first-order valence-electron chi connectivity index (χ1n) is 4.79. The van der Waals surface area contributed by atoms with E-state index in [9.17, 15) is 0 Å². The smallest absolute Gasteiger partial charge is 0.0373 e. The molecule has 1 N–H and O–H groups in total. The van der Waals surface area contributed by atoms with Gasteiger partial charge in [0.25, 0.3) is 0 Å². The van der Waals surface area contributed by atoms with Crippen molar-refractivity contribution in [1.29, 1.82) is 0 Å². The summed E-state index contributed by atoms with van der Waals surface area (Å²) in [5.41, 5.74) is 0. The zero-order valence-corrected chi connectivity index (χ0v) is 7.37. The van der Waals surface area contributed by atoms with Gasteiger partial charge in [0, 0.05) is 25.0 Å². The van der Waals surface area contributed by atoms with E-state index in [0.717, 1.165) is 6.54 Å². The summed E-state index contributed by atoms with van der Waals surface area (Å²) in [5.74, 6) is 0. The quantitative estimate of drug-likeness (QED) is 0.703. The van der Waals surface area contributed by atoms with E-state index in [1.165, 1.54) is 25.8 Å². The molecule has 1 aliphatic heterocycles. The highest BCUT2D eigenvalue weighted by atomic mass is 15.0. The van der Waals surface area contributed by atoms with E-state index in [1.807, 2.05) is 0 Å². The highest BCUT2D eigenvalue weighted by molar-refractivity contribution is 4.91. The van der Waals surface area contributed by atoms with Gasteiger partial charge in [0.15, 0.2) is 0 Å². The molecule has 2 heterocycles. The zero-order chi connectivity index (χ0) is 8.23. The van der Waals surface area contributed by atoms with E-state index in [1.54, 1.807) is 0 Å². The van der Waals surface area contributed by atoms with E-state index in [0.29, 0.717) is 6.04 Å². The summed E-state index contributed by atoms with van der Waals surface area (Å²) < 4.78 is 2.25. The average molecular weight is 164 g/mol. The highest BCUT2D eigenvalue weighted by Gasteiger charge is 2.11. The maximum Gasteiger partial charge on any atom is 0.0373 e. The van der Waals surface area contributed by atoms with Crippen molar-refractivity contribution in [3.63, 3.8) is 0 Å². The van der Waals surface area contributed by atoms with Crippen molar-refractivity contribution in [2.24, 2.45) is 0 Å². The monoisotopic (exact) mass is 164 g/mol. The molecule has 0 aliphatic carbocycles. The van der Waals surface area contributed by atoms with Crippen molar-refractivity contribution in [3.05, 3.63) is 24.5 Å². The van der Waals surface area contributed by atoms with Crippen LogP contribution in [0.2, 0.25) is 0 Å². The van der Waals surface area contributed by atoms with Gasteiger partial charge < -0.3 is 9.88 Å². The van der Waals surface area contributed by atoms with Crippen LogP contribution < -0.4 is 5.32 Å². The van der Waals surface area contributed by atoms with E-state index < -0.39 is 0 Å². The van der Waals surface area contributed by atoms with Gasteiger partial charge in [-0.25, -0.2) is 0 Å². The molecule has 0 spiro atoms. The second kappa shape index (κ2) is 3.76. The molecule has 0 radical (unpaired) electrons. The van der Waals surface area contributed by atoms with Crippen LogP contribution in [-0.4, -0.2) is 17.2 Å². The van der Waals surface area contributed by atoms with Crippen molar-refractivity contribution < 1.29 is 0 Å². The Morgan fingerprint density at radius 1 is 1.25 bits per heavy atom. The topological polar surface area (TPSA) is 17.0 Å². The van der Waals surface area contributed by atoms with Gasteiger partial charge in [-0.15, -0.1) is 0 Å². The van der Waals surface area contributed by atoms with E-state index in [-0.39, 0.29) is 0 Å². The predicted octanol–water partition coefficient (Wildman–Crippen LogP) is 1.63. The first-order valence-corrected chi connectivity index (χ1v) is 4.79. The Balaban J connectivity index is 1.86. The van der Waals surface area contributed by atoms with Gasteiger partial charge >= 0.3 is 0 Å². The Morgan fingerprint density at radius 3 is 2.75 bits per heavy atom. The fraction of sp³-hybridized carbons (Fsp3) is 0.600. The van der Waals surface area contributed by atoms with Crippen molar-refractivity contribution in [1.82, 2.24) is 9.88 Å². The Morgan fingerprint density at radius 2 is 2.08 bits per heavy atom. The highest BCUT2D eigenvalue weighted by Crippen LogP contribution is 2.08. The van der Waals surface area contributed by atoms with E-state index in [4.69, 9.17) is 0 Å². The summed E-state index contributed by atoms with van der Waals surface area (Å²) in [7, 11) is 0. The molecule has 2 nitrogen and oxygen atoms in total. The minimum atomic E-state index is 0.700. The van der Waals surface area contributed by atoms with Crippen molar-refractivity contribution in [2.75, 3.05) is 6.54 Å². The summed E-state index contributed by atoms with van der Waals surface area (Å²) >= 11 is 0. The molecule has 1 aliphatic rings. The van der Waals surface area contributed by atoms with Crippen molar-refractivity contribution in [3.8, 4) is 0 Å². The van der Waals surface area contributed by atoms with Gasteiger partial charge in [-0.3, -0.25) is 0 Å². The number of aromatic nitrogens is 1. The van der Waals surface area contributed by atoms with Crippen LogP contribution in [0.5, 0.6) is 0 Å². The molecule has 1 aromatic rings. The van der Waals surface area contributed by atoms with Gasteiger partial charge in [-0.2, -0.15) is 0 Å². The summed E-state index contributed by atoms with van der Waals surface area (Å²) in [6.45, 7) is 2.33. The van der Waals surface area contributed by atoms with Crippen LogP contribution >= 0.6 is 0 Å². The molecule has 1 atom stereocenters. The minimum absolute atomic E-state index is 0.700. The summed E-state index contributed by atoms with van der Waals surface area (Å²) in [6, 6.07) is 4.87. The van der Waals surface area contributed by atoms with Crippen LogP contribution in [0.3, 0.4) is 0 Å². The fourth-order valence-electron chi connectivity index (χ4n) is 1.83. The molecule has 66 valence electrons. The maximum atomic E-state index is 3.54. The molecule has 1 unspecified atom stereocenters. The molecular weight excluding hydrogens is 148 g/mol. The third kappa shape index (κ3) is 1.89.